The first-order valence-electron chi connectivity index (χ1n) is 7.11. The van der Waals surface area contributed by atoms with E-state index in [4.69, 9.17) is 11.6 Å². The quantitative estimate of drug-likeness (QED) is 0.823. The Balaban J connectivity index is 2.58. The summed E-state index contributed by atoms with van der Waals surface area (Å²) < 4.78 is 23.2. The predicted molar refractivity (Wildman–Crippen MR) is 91.2 cm³/mol. The molecule has 7 heteroatoms. The summed E-state index contributed by atoms with van der Waals surface area (Å²) in [4.78, 5) is 13.7. The fourth-order valence-electron chi connectivity index (χ4n) is 1.87. The van der Waals surface area contributed by atoms with Gasteiger partial charge in [0.15, 0.2) is 9.84 Å². The third kappa shape index (κ3) is 5.94. The number of aryl methyl sites for hydroxylation is 1. The minimum absolute atomic E-state index is 0.0453. The number of nitrogens with one attached hydrogen (secondary N) is 1. The van der Waals surface area contributed by atoms with E-state index in [1.54, 1.807) is 37.9 Å². The lowest BCUT2D eigenvalue weighted by Gasteiger charge is -2.23. The number of sulfone groups is 1. The predicted octanol–water partition coefficient (Wildman–Crippen LogP) is 2.34. The highest BCUT2D eigenvalue weighted by Crippen LogP contribution is 2.19. The average Bonchev–Trinajstić information content (AvgIpc) is 2.42. The number of rotatable bonds is 7. The second-order valence-electron chi connectivity index (χ2n) is 5.48. The lowest BCUT2D eigenvalue weighted by atomic mass is 10.2. The zero-order chi connectivity index (χ0) is 16.9. The second-order valence-corrected chi connectivity index (χ2v) is 8.28. The van der Waals surface area contributed by atoms with Gasteiger partial charge in [-0.05, 0) is 38.6 Å². The second kappa shape index (κ2) is 7.94. The van der Waals surface area contributed by atoms with Gasteiger partial charge in [-0.2, -0.15) is 0 Å². The first kappa shape index (κ1) is 18.9. The van der Waals surface area contributed by atoms with Crippen molar-refractivity contribution in [2.75, 3.05) is 30.4 Å². The summed E-state index contributed by atoms with van der Waals surface area (Å²) in [6, 6.07) is 5.08. The van der Waals surface area contributed by atoms with Crippen molar-refractivity contribution in [1.82, 2.24) is 4.90 Å². The van der Waals surface area contributed by atoms with E-state index in [1.807, 2.05) is 13.0 Å². The van der Waals surface area contributed by atoms with Crippen LogP contribution < -0.4 is 5.32 Å². The molecule has 0 aliphatic heterocycles. The summed E-state index contributed by atoms with van der Waals surface area (Å²) >= 11 is 6.01. The Kier molecular flexibility index (Phi) is 6.84. The van der Waals surface area contributed by atoms with Crippen LogP contribution in [-0.4, -0.2) is 50.4 Å². The topological polar surface area (TPSA) is 66.5 Å². The number of benzene rings is 1. The molecule has 0 aliphatic carbocycles. The van der Waals surface area contributed by atoms with Crippen molar-refractivity contribution in [3.05, 3.63) is 28.8 Å². The summed E-state index contributed by atoms with van der Waals surface area (Å²) in [6.45, 7) is 5.42. The van der Waals surface area contributed by atoms with Crippen molar-refractivity contribution >= 4 is 33.0 Å². The van der Waals surface area contributed by atoms with Gasteiger partial charge in [0.25, 0.3) is 0 Å². The molecule has 0 fully saturated rings. The first-order valence-corrected chi connectivity index (χ1v) is 9.31. The molecule has 1 amide bonds. The summed E-state index contributed by atoms with van der Waals surface area (Å²) in [6.07, 6.45) is 0. The molecule has 0 spiro atoms. The van der Waals surface area contributed by atoms with Crippen LogP contribution in [0.5, 0.6) is 0 Å². The molecule has 124 valence electrons. The van der Waals surface area contributed by atoms with Gasteiger partial charge in [-0.15, -0.1) is 0 Å². The van der Waals surface area contributed by atoms with E-state index in [2.05, 4.69) is 5.32 Å². The van der Waals surface area contributed by atoms with Crippen molar-refractivity contribution in [2.24, 2.45) is 0 Å². The van der Waals surface area contributed by atoms with E-state index >= 15 is 0 Å². The Hall–Kier alpha value is -1.11. The zero-order valence-electron chi connectivity index (χ0n) is 13.4. The Labute approximate surface area is 137 Å². The molecular weight excluding hydrogens is 324 g/mol. The SMILES string of the molecule is CCS(=O)(=O)CC(C)N(C)CC(=O)Nc1ccc(C)c(Cl)c1. The number of hydrogen-bond acceptors (Lipinski definition) is 4. The minimum Gasteiger partial charge on any atom is -0.325 e. The van der Waals surface area contributed by atoms with E-state index < -0.39 is 9.84 Å². The molecule has 22 heavy (non-hydrogen) atoms. The highest BCUT2D eigenvalue weighted by atomic mass is 35.5. The number of anilines is 1. The fraction of sp³-hybridized carbons (Fsp3) is 0.533. The molecule has 1 aromatic rings. The van der Waals surface area contributed by atoms with E-state index in [-0.39, 0.29) is 30.0 Å². The summed E-state index contributed by atoms with van der Waals surface area (Å²) in [5, 5.41) is 3.35. The molecule has 5 nitrogen and oxygen atoms in total. The van der Waals surface area contributed by atoms with E-state index in [0.717, 1.165) is 5.56 Å². The van der Waals surface area contributed by atoms with Crippen molar-refractivity contribution in [3.63, 3.8) is 0 Å². The van der Waals surface area contributed by atoms with E-state index in [1.165, 1.54) is 0 Å². The van der Waals surface area contributed by atoms with Gasteiger partial charge >= 0.3 is 0 Å². The van der Waals surface area contributed by atoms with Crippen molar-refractivity contribution in [1.29, 1.82) is 0 Å². The number of halogens is 1. The van der Waals surface area contributed by atoms with Crippen LogP contribution in [0.2, 0.25) is 5.02 Å². The Morgan fingerprint density at radius 3 is 2.59 bits per heavy atom. The normalized spacial score (nSPS) is 13.2. The van der Waals surface area contributed by atoms with Gasteiger partial charge in [-0.25, -0.2) is 8.42 Å². The maximum atomic E-state index is 12.0. The molecule has 0 radical (unpaired) electrons. The van der Waals surface area contributed by atoms with Gasteiger partial charge in [-0.1, -0.05) is 24.6 Å². The van der Waals surface area contributed by atoms with Gasteiger partial charge in [0.05, 0.1) is 12.3 Å². The third-order valence-electron chi connectivity index (χ3n) is 3.54. The van der Waals surface area contributed by atoms with Gasteiger partial charge in [-0.3, -0.25) is 9.69 Å². The fourth-order valence-corrected chi connectivity index (χ4v) is 3.27. The molecule has 0 aliphatic rings. The van der Waals surface area contributed by atoms with Crippen LogP contribution in [0.15, 0.2) is 18.2 Å². The largest absolute Gasteiger partial charge is 0.325 e. The molecule has 1 aromatic carbocycles. The van der Waals surface area contributed by atoms with Crippen LogP contribution in [0, 0.1) is 6.92 Å². The molecule has 1 atom stereocenters. The molecule has 1 N–H and O–H groups in total. The van der Waals surface area contributed by atoms with E-state index in [9.17, 15) is 13.2 Å². The number of carbonyl (C=O) groups is 1. The molecule has 0 bridgehead atoms. The molecular formula is C15H23ClN2O3S. The molecule has 0 saturated carbocycles. The number of amides is 1. The minimum atomic E-state index is -3.06. The summed E-state index contributed by atoms with van der Waals surface area (Å²) in [7, 11) is -1.33. The van der Waals surface area contributed by atoms with Crippen LogP contribution in [0.25, 0.3) is 0 Å². The van der Waals surface area contributed by atoms with Crippen molar-refractivity contribution < 1.29 is 13.2 Å². The standard InChI is InChI=1S/C15H23ClN2O3S/c1-5-22(20,21)10-12(3)18(4)9-15(19)17-13-7-6-11(2)14(16)8-13/h6-8,12H,5,9-10H2,1-4H3,(H,17,19). The van der Waals surface area contributed by atoms with Gasteiger partial charge in [0.2, 0.25) is 5.91 Å². The molecule has 1 rings (SSSR count). The third-order valence-corrected chi connectivity index (χ3v) is 5.81. The van der Waals surface area contributed by atoms with Crippen LogP contribution in [0.1, 0.15) is 19.4 Å². The van der Waals surface area contributed by atoms with Gasteiger partial charge < -0.3 is 5.32 Å². The number of nitrogens with zero attached hydrogens (tertiary/aromatic N) is 1. The average molecular weight is 347 g/mol. The summed E-state index contributed by atoms with van der Waals surface area (Å²) in [5.41, 5.74) is 1.57. The Morgan fingerprint density at radius 1 is 1.41 bits per heavy atom. The smallest absolute Gasteiger partial charge is 0.238 e. The van der Waals surface area contributed by atoms with Gasteiger partial charge in [0, 0.05) is 22.5 Å². The van der Waals surface area contributed by atoms with Crippen LogP contribution in [0.3, 0.4) is 0 Å². The molecule has 1 unspecified atom stereocenters. The van der Waals surface area contributed by atoms with E-state index in [0.29, 0.717) is 10.7 Å². The van der Waals surface area contributed by atoms with Crippen molar-refractivity contribution in [3.8, 4) is 0 Å². The number of carbonyl (C=O) groups excluding carboxylic acids is 1. The maximum Gasteiger partial charge on any atom is 0.238 e. The Bertz CT molecular complexity index is 632. The monoisotopic (exact) mass is 346 g/mol. The number of hydrogen-bond donors (Lipinski definition) is 1. The van der Waals surface area contributed by atoms with Crippen LogP contribution in [-0.2, 0) is 14.6 Å². The van der Waals surface area contributed by atoms with Crippen molar-refractivity contribution in [2.45, 2.75) is 26.8 Å². The highest BCUT2D eigenvalue weighted by Gasteiger charge is 2.19. The Morgan fingerprint density at radius 2 is 2.05 bits per heavy atom. The molecule has 0 saturated heterocycles. The lowest BCUT2D eigenvalue weighted by Crippen LogP contribution is -2.40. The zero-order valence-corrected chi connectivity index (χ0v) is 15.0. The summed E-state index contributed by atoms with van der Waals surface area (Å²) in [5.74, 6) is -0.0498. The van der Waals surface area contributed by atoms with Crippen LogP contribution in [0.4, 0.5) is 5.69 Å². The maximum absolute atomic E-state index is 12.0. The molecule has 0 aromatic heterocycles. The molecule has 0 heterocycles. The first-order chi connectivity index (χ1) is 10.1. The number of likely N-dealkylation sites (N-methyl/N-ethyl adjacent to an activating group) is 1. The van der Waals surface area contributed by atoms with Gasteiger partial charge in [0.1, 0.15) is 0 Å². The van der Waals surface area contributed by atoms with Crippen LogP contribution >= 0.6 is 11.6 Å². The lowest BCUT2D eigenvalue weighted by molar-refractivity contribution is -0.117. The highest BCUT2D eigenvalue weighted by molar-refractivity contribution is 7.91.